The molecule has 5 nitrogen and oxygen atoms in total. The zero-order valence-corrected chi connectivity index (χ0v) is 21.2. The number of carbonyl (C=O) groups excluding carboxylic acids is 1. The van der Waals surface area contributed by atoms with Gasteiger partial charge in [-0.3, -0.25) is 4.79 Å². The summed E-state index contributed by atoms with van der Waals surface area (Å²) in [5.41, 5.74) is 2.52. The minimum absolute atomic E-state index is 0.0416. The molecule has 3 aromatic carbocycles. The zero-order valence-electron chi connectivity index (χ0n) is 19.6. The number of hydrogen-bond acceptors (Lipinski definition) is 4. The fraction of sp³-hybridized carbons (Fsp3) is 0.241. The van der Waals surface area contributed by atoms with Crippen molar-refractivity contribution in [3.05, 3.63) is 107 Å². The number of ether oxygens (including phenoxy) is 1. The van der Waals surface area contributed by atoms with Crippen LogP contribution in [-0.4, -0.2) is 20.1 Å². The lowest BCUT2D eigenvalue weighted by Gasteiger charge is -2.36. The summed E-state index contributed by atoms with van der Waals surface area (Å²) in [6.07, 6.45) is 6.15. The molecule has 0 radical (unpaired) electrons. The first-order valence-electron chi connectivity index (χ1n) is 12.1. The molecule has 3 aromatic rings. The van der Waals surface area contributed by atoms with Crippen molar-refractivity contribution in [3.63, 3.8) is 0 Å². The summed E-state index contributed by atoms with van der Waals surface area (Å²) < 4.78 is 36.9. The maximum Gasteiger partial charge on any atom is 0.285 e. The van der Waals surface area contributed by atoms with E-state index < -0.39 is 15.9 Å². The molecule has 36 heavy (non-hydrogen) atoms. The van der Waals surface area contributed by atoms with Gasteiger partial charge in [0.1, 0.15) is 5.75 Å². The topological polar surface area (TPSA) is 72.8 Å². The Hall–Kier alpha value is -3.22. The number of carbonyl (C=O) groups is 1. The van der Waals surface area contributed by atoms with Crippen LogP contribution < -0.4 is 4.74 Å². The second-order valence-corrected chi connectivity index (χ2v) is 11.1. The first-order chi connectivity index (χ1) is 17.4. The van der Waals surface area contributed by atoms with Gasteiger partial charge in [0.25, 0.3) is 10.0 Å². The number of halogens is 1. The summed E-state index contributed by atoms with van der Waals surface area (Å²) in [5, 5.41) is 0.564. The Balaban J connectivity index is 1.62. The van der Waals surface area contributed by atoms with Crippen LogP contribution in [0.3, 0.4) is 0 Å². The van der Waals surface area contributed by atoms with Crippen molar-refractivity contribution in [2.75, 3.05) is 0 Å². The Morgan fingerprint density at radius 2 is 1.67 bits per heavy atom. The Kier molecular flexibility index (Phi) is 7.08. The summed E-state index contributed by atoms with van der Waals surface area (Å²) in [4.78, 5) is 13.5. The number of sulfonamides is 1. The van der Waals surface area contributed by atoms with Crippen molar-refractivity contribution in [2.45, 2.75) is 42.9 Å². The van der Waals surface area contributed by atoms with Crippen molar-refractivity contribution < 1.29 is 17.9 Å². The van der Waals surface area contributed by atoms with Crippen molar-refractivity contribution in [1.29, 1.82) is 0 Å². The summed E-state index contributed by atoms with van der Waals surface area (Å²) in [5.74, 6) is -0.150. The van der Waals surface area contributed by atoms with Crippen molar-refractivity contribution >= 4 is 33.3 Å². The molecular formula is C29H26ClNO4S. The highest BCUT2D eigenvalue weighted by Gasteiger charge is 2.40. The number of para-hydroxylation sites is 1. The lowest BCUT2D eigenvalue weighted by atomic mass is 9.73. The maximum absolute atomic E-state index is 13.4. The molecule has 0 aromatic heterocycles. The molecule has 0 amide bonds. The van der Waals surface area contributed by atoms with E-state index in [1.165, 1.54) is 12.1 Å². The van der Waals surface area contributed by atoms with E-state index in [0.717, 1.165) is 36.8 Å². The fourth-order valence-electron chi connectivity index (χ4n) is 4.99. The van der Waals surface area contributed by atoms with Gasteiger partial charge < -0.3 is 4.74 Å². The molecule has 2 aliphatic rings. The van der Waals surface area contributed by atoms with Gasteiger partial charge in [0.15, 0.2) is 5.78 Å². The van der Waals surface area contributed by atoms with E-state index in [1.807, 2.05) is 18.2 Å². The molecule has 0 fully saturated rings. The van der Waals surface area contributed by atoms with Gasteiger partial charge in [0.2, 0.25) is 5.90 Å². The lowest BCUT2D eigenvalue weighted by Crippen LogP contribution is -2.35. The van der Waals surface area contributed by atoms with Crippen molar-refractivity contribution in [2.24, 2.45) is 10.3 Å². The van der Waals surface area contributed by atoms with E-state index in [0.29, 0.717) is 16.3 Å². The predicted octanol–water partition coefficient (Wildman–Crippen LogP) is 6.99. The zero-order chi connectivity index (χ0) is 25.1. The lowest BCUT2D eigenvalue weighted by molar-refractivity contribution is 0.0968. The quantitative estimate of drug-likeness (QED) is 0.260. The van der Waals surface area contributed by atoms with Crippen LogP contribution in [0.1, 0.15) is 53.9 Å². The molecule has 1 aliphatic heterocycles. The molecule has 1 aliphatic carbocycles. The number of nitrogens with zero attached hydrogens (tertiary/aromatic N) is 1. The number of allylic oxidation sites excluding steroid dienone is 1. The smallest absolute Gasteiger partial charge is 0.285 e. The van der Waals surface area contributed by atoms with Crippen LogP contribution in [0, 0.1) is 5.92 Å². The fourth-order valence-corrected chi connectivity index (χ4v) is 6.11. The minimum Gasteiger partial charge on any atom is -0.441 e. The number of rotatable bonds is 6. The minimum atomic E-state index is -4.01. The third-order valence-electron chi connectivity index (χ3n) is 6.75. The van der Waals surface area contributed by atoms with Gasteiger partial charge in [0.05, 0.1) is 10.8 Å². The number of hydrogen-bond donors (Lipinski definition) is 0. The second-order valence-electron chi connectivity index (χ2n) is 9.10. The summed E-state index contributed by atoms with van der Waals surface area (Å²) in [6.45, 7) is 0. The predicted molar refractivity (Wildman–Crippen MR) is 141 cm³/mol. The first-order valence-corrected chi connectivity index (χ1v) is 13.9. The van der Waals surface area contributed by atoms with E-state index in [-0.39, 0.29) is 28.9 Å². The molecule has 0 spiro atoms. The summed E-state index contributed by atoms with van der Waals surface area (Å²) in [7, 11) is -4.01. The standard InChI is InChI=1S/C29H26ClNO4S/c30-22-17-15-20(16-18-22)26(32)19-25-24-13-7-8-14-27(24)35-29(28(25)21-9-3-1-4-10-21)31-36(33,34)23-11-5-2-6-12-23/h2,5-9,11-18,25,28H,1,3-4,10,19H2/b31-29+/t25-,28+/m1/s1. The average Bonchev–Trinajstić information content (AvgIpc) is 2.90. The van der Waals surface area contributed by atoms with Crippen molar-refractivity contribution in [1.82, 2.24) is 0 Å². The second kappa shape index (κ2) is 10.4. The molecule has 5 rings (SSSR count). The van der Waals surface area contributed by atoms with E-state index in [1.54, 1.807) is 48.5 Å². The molecule has 0 bridgehead atoms. The molecule has 0 saturated heterocycles. The first kappa shape index (κ1) is 24.5. The Morgan fingerprint density at radius 3 is 2.39 bits per heavy atom. The van der Waals surface area contributed by atoms with Crippen LogP contribution in [0.4, 0.5) is 0 Å². The van der Waals surface area contributed by atoms with E-state index in [4.69, 9.17) is 16.3 Å². The largest absolute Gasteiger partial charge is 0.441 e. The van der Waals surface area contributed by atoms with Crippen LogP contribution in [0.25, 0.3) is 0 Å². The highest BCUT2D eigenvalue weighted by molar-refractivity contribution is 7.90. The van der Waals surface area contributed by atoms with E-state index in [9.17, 15) is 13.2 Å². The Bertz CT molecular complexity index is 1430. The van der Waals surface area contributed by atoms with Gasteiger partial charge in [-0.15, -0.1) is 4.40 Å². The maximum atomic E-state index is 13.4. The summed E-state index contributed by atoms with van der Waals surface area (Å²) >= 11 is 6.02. The normalized spacial score (nSPS) is 20.8. The molecule has 1 heterocycles. The van der Waals surface area contributed by atoms with Crippen LogP contribution in [0.5, 0.6) is 5.75 Å². The molecule has 0 unspecified atom stereocenters. The van der Waals surface area contributed by atoms with Gasteiger partial charge in [-0.05, 0) is 73.7 Å². The number of benzene rings is 3. The van der Waals surface area contributed by atoms with Crippen LogP contribution in [-0.2, 0) is 10.0 Å². The molecule has 7 heteroatoms. The van der Waals surface area contributed by atoms with Crippen LogP contribution in [0.15, 0.2) is 99.8 Å². The number of fused-ring (bicyclic) bond motifs is 1. The molecule has 0 saturated carbocycles. The molecule has 184 valence electrons. The van der Waals surface area contributed by atoms with Gasteiger partial charge in [-0.1, -0.05) is 59.6 Å². The number of ketones is 1. The number of Topliss-reactive ketones (excluding diaryl/α,β-unsaturated/α-hetero) is 1. The third-order valence-corrected chi connectivity index (χ3v) is 8.29. The van der Waals surface area contributed by atoms with Gasteiger partial charge in [-0.2, -0.15) is 8.42 Å². The van der Waals surface area contributed by atoms with Gasteiger partial charge in [-0.25, -0.2) is 0 Å². The Labute approximate surface area is 216 Å². The third kappa shape index (κ3) is 5.15. The van der Waals surface area contributed by atoms with Crippen LogP contribution in [0.2, 0.25) is 5.02 Å². The summed E-state index contributed by atoms with van der Waals surface area (Å²) in [6, 6.07) is 22.5. The van der Waals surface area contributed by atoms with Crippen molar-refractivity contribution in [3.8, 4) is 5.75 Å². The molecule has 2 atom stereocenters. The SMILES string of the molecule is O=C(C[C@@H]1c2ccccc2O/C(=N/S(=O)(=O)c2ccccc2)[C@H]1C1=CCCCC1)c1ccc(Cl)cc1. The highest BCUT2D eigenvalue weighted by Crippen LogP contribution is 2.46. The Morgan fingerprint density at radius 1 is 0.944 bits per heavy atom. The molecule has 0 N–H and O–H groups in total. The highest BCUT2D eigenvalue weighted by atomic mass is 35.5. The van der Waals surface area contributed by atoms with Crippen LogP contribution >= 0.6 is 11.6 Å². The van der Waals surface area contributed by atoms with Gasteiger partial charge >= 0.3 is 0 Å². The van der Waals surface area contributed by atoms with E-state index >= 15 is 0 Å². The van der Waals surface area contributed by atoms with E-state index in [2.05, 4.69) is 10.5 Å². The monoisotopic (exact) mass is 519 g/mol. The van der Waals surface area contributed by atoms with Gasteiger partial charge in [0, 0.05) is 22.9 Å². The molecular weight excluding hydrogens is 494 g/mol. The average molecular weight is 520 g/mol.